The van der Waals surface area contributed by atoms with Crippen molar-refractivity contribution in [3.63, 3.8) is 0 Å². The predicted molar refractivity (Wildman–Crippen MR) is 44.8 cm³/mol. The Balaban J connectivity index is 2.80. The molecule has 0 amide bonds. The lowest BCUT2D eigenvalue weighted by Crippen LogP contribution is -2.25. The van der Waals surface area contributed by atoms with Crippen LogP contribution in [0.25, 0.3) is 0 Å². The minimum Gasteiger partial charge on any atom is -0.397 e. The van der Waals surface area contributed by atoms with Crippen molar-refractivity contribution in [1.29, 1.82) is 0 Å². The van der Waals surface area contributed by atoms with E-state index in [9.17, 15) is 10.1 Å². The summed E-state index contributed by atoms with van der Waals surface area (Å²) < 4.78 is 0. The molecule has 0 aliphatic heterocycles. The molecule has 0 saturated carbocycles. The summed E-state index contributed by atoms with van der Waals surface area (Å²) in [6, 6.07) is -0.639. The fourth-order valence-electron chi connectivity index (χ4n) is 1.09. The molecule has 0 bridgehead atoms. The van der Waals surface area contributed by atoms with Crippen LogP contribution in [-0.4, -0.2) is 18.0 Å². The Bertz CT molecular complexity index is 257. The third-order valence-electron chi connectivity index (χ3n) is 1.79. The molecule has 5 nitrogen and oxygen atoms in total. The Labute approximate surface area is 70.1 Å². The lowest BCUT2D eigenvalue weighted by Gasteiger charge is -2.14. The van der Waals surface area contributed by atoms with Gasteiger partial charge in [-0.3, -0.25) is 10.1 Å². The fraction of sp³-hybridized carbons (Fsp3) is 0.429. The molecule has 0 fully saturated rings. The Morgan fingerprint density at radius 1 is 1.83 bits per heavy atom. The molecule has 0 saturated heterocycles. The minimum atomic E-state index is -0.639. The highest BCUT2D eigenvalue weighted by Gasteiger charge is 2.21. The van der Waals surface area contributed by atoms with Crippen molar-refractivity contribution in [2.45, 2.75) is 12.5 Å². The highest BCUT2D eigenvalue weighted by molar-refractivity contribution is 5.30. The van der Waals surface area contributed by atoms with Gasteiger partial charge in [0.2, 0.25) is 6.04 Å². The second-order valence-corrected chi connectivity index (χ2v) is 2.58. The lowest BCUT2D eigenvalue weighted by molar-refractivity contribution is -0.508. The van der Waals surface area contributed by atoms with Gasteiger partial charge >= 0.3 is 0 Å². The maximum absolute atomic E-state index is 10.4. The van der Waals surface area contributed by atoms with Gasteiger partial charge in [0, 0.05) is 24.5 Å². The Kier molecular flexibility index (Phi) is 2.32. The molecule has 0 heterocycles. The van der Waals surface area contributed by atoms with Crippen molar-refractivity contribution in [1.82, 2.24) is 5.32 Å². The van der Waals surface area contributed by atoms with E-state index in [4.69, 9.17) is 5.73 Å². The average Bonchev–Trinajstić information content (AvgIpc) is 2.05. The Hall–Kier alpha value is -1.52. The van der Waals surface area contributed by atoms with E-state index < -0.39 is 6.04 Å². The van der Waals surface area contributed by atoms with E-state index in [1.165, 1.54) is 6.08 Å². The van der Waals surface area contributed by atoms with Crippen molar-refractivity contribution < 1.29 is 4.92 Å². The van der Waals surface area contributed by atoms with Crippen LogP contribution in [0.1, 0.15) is 6.42 Å². The monoisotopic (exact) mass is 169 g/mol. The van der Waals surface area contributed by atoms with Crippen LogP contribution >= 0.6 is 0 Å². The normalized spacial score (nSPS) is 22.6. The molecule has 3 N–H and O–H groups in total. The second kappa shape index (κ2) is 3.25. The first-order valence-corrected chi connectivity index (χ1v) is 3.64. The van der Waals surface area contributed by atoms with Gasteiger partial charge in [0.1, 0.15) is 0 Å². The SMILES string of the molecule is CNC1=CC([N+](=O)[O-])CC=C1N. The van der Waals surface area contributed by atoms with Crippen LogP contribution in [-0.2, 0) is 0 Å². The zero-order chi connectivity index (χ0) is 9.14. The molecule has 1 aliphatic rings. The smallest absolute Gasteiger partial charge is 0.237 e. The average molecular weight is 169 g/mol. The molecule has 1 atom stereocenters. The first kappa shape index (κ1) is 8.58. The van der Waals surface area contributed by atoms with Crippen LogP contribution in [0, 0.1) is 10.1 Å². The Morgan fingerprint density at radius 2 is 2.50 bits per heavy atom. The zero-order valence-corrected chi connectivity index (χ0v) is 6.78. The topological polar surface area (TPSA) is 81.2 Å². The van der Waals surface area contributed by atoms with Crippen molar-refractivity contribution >= 4 is 0 Å². The van der Waals surface area contributed by atoms with Crippen molar-refractivity contribution in [2.75, 3.05) is 7.05 Å². The summed E-state index contributed by atoms with van der Waals surface area (Å²) in [5, 5.41) is 13.2. The maximum atomic E-state index is 10.4. The van der Waals surface area contributed by atoms with Gasteiger partial charge < -0.3 is 11.1 Å². The lowest BCUT2D eigenvalue weighted by atomic mass is 10.1. The Morgan fingerprint density at radius 3 is 3.00 bits per heavy atom. The zero-order valence-electron chi connectivity index (χ0n) is 6.78. The molecule has 0 aromatic carbocycles. The number of nitrogens with zero attached hydrogens (tertiary/aromatic N) is 1. The number of nitrogens with two attached hydrogens (primary N) is 1. The molecule has 5 heteroatoms. The second-order valence-electron chi connectivity index (χ2n) is 2.58. The van der Waals surface area contributed by atoms with Crippen molar-refractivity contribution in [3.05, 3.63) is 33.7 Å². The van der Waals surface area contributed by atoms with E-state index in [0.717, 1.165) is 0 Å². The summed E-state index contributed by atoms with van der Waals surface area (Å²) in [5.74, 6) is 0. The van der Waals surface area contributed by atoms with Gasteiger partial charge in [-0.05, 0) is 0 Å². The summed E-state index contributed by atoms with van der Waals surface area (Å²) in [6.45, 7) is 0. The van der Waals surface area contributed by atoms with E-state index in [1.54, 1.807) is 13.1 Å². The molecule has 1 aliphatic carbocycles. The third kappa shape index (κ3) is 1.55. The molecule has 0 aromatic heterocycles. The predicted octanol–water partition coefficient (Wildman–Crippen LogP) is -0.0187. The van der Waals surface area contributed by atoms with Gasteiger partial charge in [-0.1, -0.05) is 6.08 Å². The number of likely N-dealkylation sites (N-methyl/N-ethyl adjacent to an activating group) is 1. The van der Waals surface area contributed by atoms with Gasteiger partial charge in [-0.25, -0.2) is 0 Å². The molecule has 0 spiro atoms. The van der Waals surface area contributed by atoms with E-state index in [2.05, 4.69) is 5.32 Å². The van der Waals surface area contributed by atoms with E-state index in [-0.39, 0.29) is 4.92 Å². The largest absolute Gasteiger partial charge is 0.397 e. The molecule has 1 rings (SSSR count). The number of nitrogens with one attached hydrogen (secondary N) is 1. The summed E-state index contributed by atoms with van der Waals surface area (Å²) in [5.41, 5.74) is 6.78. The number of hydrogen-bond donors (Lipinski definition) is 2. The van der Waals surface area contributed by atoms with Gasteiger partial charge in [-0.2, -0.15) is 0 Å². The number of nitro groups is 1. The summed E-state index contributed by atoms with van der Waals surface area (Å²) in [6.07, 6.45) is 3.58. The summed E-state index contributed by atoms with van der Waals surface area (Å²) in [7, 11) is 1.69. The van der Waals surface area contributed by atoms with Crippen LogP contribution in [0.4, 0.5) is 0 Å². The highest BCUT2D eigenvalue weighted by atomic mass is 16.6. The third-order valence-corrected chi connectivity index (χ3v) is 1.79. The maximum Gasteiger partial charge on any atom is 0.237 e. The molecular formula is C7H11N3O2. The number of hydrogen-bond acceptors (Lipinski definition) is 4. The standard InChI is InChI=1S/C7H11N3O2/c1-9-7-4-5(10(11)12)2-3-6(7)8/h3-5,9H,2,8H2,1H3. The van der Waals surface area contributed by atoms with Gasteiger partial charge in [0.15, 0.2) is 0 Å². The molecule has 1 unspecified atom stereocenters. The molecule has 0 radical (unpaired) electrons. The summed E-state index contributed by atoms with van der Waals surface area (Å²) >= 11 is 0. The summed E-state index contributed by atoms with van der Waals surface area (Å²) in [4.78, 5) is 10.1. The molecule has 0 aromatic rings. The van der Waals surface area contributed by atoms with Gasteiger partial charge in [-0.15, -0.1) is 0 Å². The van der Waals surface area contributed by atoms with Crippen LogP contribution in [0.3, 0.4) is 0 Å². The number of rotatable bonds is 2. The van der Waals surface area contributed by atoms with Gasteiger partial charge in [0.05, 0.1) is 11.4 Å². The van der Waals surface area contributed by atoms with E-state index in [0.29, 0.717) is 17.8 Å². The highest BCUT2D eigenvalue weighted by Crippen LogP contribution is 2.14. The van der Waals surface area contributed by atoms with Crippen LogP contribution in [0.2, 0.25) is 0 Å². The van der Waals surface area contributed by atoms with Crippen LogP contribution < -0.4 is 11.1 Å². The fourth-order valence-corrected chi connectivity index (χ4v) is 1.09. The molecule has 66 valence electrons. The van der Waals surface area contributed by atoms with E-state index in [1.807, 2.05) is 0 Å². The van der Waals surface area contributed by atoms with Crippen molar-refractivity contribution in [3.8, 4) is 0 Å². The van der Waals surface area contributed by atoms with Gasteiger partial charge in [0.25, 0.3) is 0 Å². The quantitative estimate of drug-likeness (QED) is 0.449. The molecule has 12 heavy (non-hydrogen) atoms. The first-order valence-electron chi connectivity index (χ1n) is 3.64. The van der Waals surface area contributed by atoms with E-state index >= 15 is 0 Å². The molecular weight excluding hydrogens is 158 g/mol. The van der Waals surface area contributed by atoms with Crippen LogP contribution in [0.5, 0.6) is 0 Å². The van der Waals surface area contributed by atoms with Crippen LogP contribution in [0.15, 0.2) is 23.5 Å². The van der Waals surface area contributed by atoms with Crippen molar-refractivity contribution in [2.24, 2.45) is 5.73 Å². The first-order chi connectivity index (χ1) is 5.65. The minimum absolute atomic E-state index is 0.319.